The molecule has 1 unspecified atom stereocenters. The molecule has 0 spiro atoms. The summed E-state index contributed by atoms with van der Waals surface area (Å²) in [4.78, 5) is 28.8. The summed E-state index contributed by atoms with van der Waals surface area (Å²) in [7, 11) is 0. The third-order valence-electron chi connectivity index (χ3n) is 5.42. The monoisotopic (exact) mass is 395 g/mol. The van der Waals surface area contributed by atoms with Crippen LogP contribution in [0.2, 0.25) is 0 Å². The number of carbonyl (C=O) groups is 2. The Morgan fingerprint density at radius 1 is 0.931 bits per heavy atom. The van der Waals surface area contributed by atoms with Crippen LogP contribution in [0.4, 0.5) is 10.5 Å². The number of piperazine rings is 1. The molecule has 2 aliphatic rings. The van der Waals surface area contributed by atoms with Crippen molar-refractivity contribution in [3.8, 4) is 11.5 Å². The van der Waals surface area contributed by atoms with Crippen LogP contribution in [0, 0.1) is 13.8 Å². The van der Waals surface area contributed by atoms with Gasteiger partial charge >= 0.3 is 6.03 Å². The third kappa shape index (κ3) is 4.13. The standard InChI is InChI=1S/C22H25N3O4/c1-15-7-8-17(13-16(15)2)23-22(27)25-11-9-24(10-12-25)21(26)20-14-28-18-5-3-4-6-19(18)29-20/h3-8,13,20H,9-12,14H2,1-2H3,(H,23,27). The zero-order valence-corrected chi connectivity index (χ0v) is 16.7. The molecule has 1 atom stereocenters. The van der Waals surface area contributed by atoms with Crippen molar-refractivity contribution < 1.29 is 19.1 Å². The molecule has 2 aliphatic heterocycles. The van der Waals surface area contributed by atoms with Crippen molar-refractivity contribution >= 4 is 17.6 Å². The number of benzene rings is 2. The average Bonchev–Trinajstić information content (AvgIpc) is 2.75. The molecule has 2 heterocycles. The van der Waals surface area contributed by atoms with Gasteiger partial charge in [0.25, 0.3) is 5.91 Å². The molecule has 3 amide bonds. The molecule has 0 aromatic heterocycles. The lowest BCUT2D eigenvalue weighted by Gasteiger charge is -2.37. The first kappa shape index (κ1) is 19.1. The van der Waals surface area contributed by atoms with E-state index in [4.69, 9.17) is 9.47 Å². The van der Waals surface area contributed by atoms with Crippen LogP contribution in [-0.2, 0) is 4.79 Å². The Hall–Kier alpha value is -3.22. The molecule has 29 heavy (non-hydrogen) atoms. The molecule has 0 saturated carbocycles. The minimum Gasteiger partial charge on any atom is -0.485 e. The highest BCUT2D eigenvalue weighted by molar-refractivity contribution is 5.90. The number of amides is 3. The van der Waals surface area contributed by atoms with Crippen molar-refractivity contribution in [2.45, 2.75) is 20.0 Å². The number of rotatable bonds is 2. The molecule has 1 saturated heterocycles. The van der Waals surface area contributed by atoms with Crippen molar-refractivity contribution in [1.29, 1.82) is 0 Å². The molecule has 2 aromatic rings. The van der Waals surface area contributed by atoms with Crippen LogP contribution in [0.1, 0.15) is 11.1 Å². The van der Waals surface area contributed by atoms with Gasteiger partial charge in [0.05, 0.1) is 0 Å². The third-order valence-corrected chi connectivity index (χ3v) is 5.42. The summed E-state index contributed by atoms with van der Waals surface area (Å²) < 4.78 is 11.5. The number of ether oxygens (including phenoxy) is 2. The van der Waals surface area contributed by atoms with Gasteiger partial charge in [0.1, 0.15) is 6.61 Å². The Kier molecular flexibility index (Phi) is 5.29. The molecule has 0 bridgehead atoms. The molecule has 1 N–H and O–H groups in total. The number of urea groups is 1. The number of fused-ring (bicyclic) bond motifs is 1. The minimum absolute atomic E-state index is 0.103. The second kappa shape index (κ2) is 8.03. The fraction of sp³-hybridized carbons (Fsp3) is 0.364. The minimum atomic E-state index is -0.652. The van der Waals surface area contributed by atoms with E-state index in [1.54, 1.807) is 15.9 Å². The molecule has 7 heteroatoms. The lowest BCUT2D eigenvalue weighted by Crippen LogP contribution is -2.55. The summed E-state index contributed by atoms with van der Waals surface area (Å²) in [5.41, 5.74) is 3.10. The van der Waals surface area contributed by atoms with E-state index in [1.807, 2.05) is 50.2 Å². The number of anilines is 1. The molecule has 7 nitrogen and oxygen atoms in total. The van der Waals surface area contributed by atoms with E-state index in [2.05, 4.69) is 5.32 Å². The normalized spacial score (nSPS) is 18.3. The summed E-state index contributed by atoms with van der Waals surface area (Å²) >= 11 is 0. The maximum absolute atomic E-state index is 12.8. The first-order valence-electron chi connectivity index (χ1n) is 9.82. The van der Waals surface area contributed by atoms with Crippen LogP contribution >= 0.6 is 0 Å². The predicted octanol–water partition coefficient (Wildman–Crippen LogP) is 2.82. The molecule has 0 radical (unpaired) electrons. The fourth-order valence-corrected chi connectivity index (χ4v) is 3.50. The van der Waals surface area contributed by atoms with Crippen LogP contribution in [-0.4, -0.2) is 60.6 Å². The van der Waals surface area contributed by atoms with E-state index in [-0.39, 0.29) is 18.5 Å². The SMILES string of the molecule is Cc1ccc(NC(=O)N2CCN(C(=O)C3COc4ccccc4O3)CC2)cc1C. The highest BCUT2D eigenvalue weighted by Crippen LogP contribution is 2.31. The Balaban J connectivity index is 1.30. The summed E-state index contributed by atoms with van der Waals surface area (Å²) in [5.74, 6) is 1.14. The summed E-state index contributed by atoms with van der Waals surface area (Å²) in [6.45, 7) is 6.16. The van der Waals surface area contributed by atoms with Crippen LogP contribution in [0.5, 0.6) is 11.5 Å². The van der Waals surface area contributed by atoms with Crippen LogP contribution < -0.4 is 14.8 Å². The number of aryl methyl sites for hydroxylation is 2. The van der Waals surface area contributed by atoms with Gasteiger partial charge in [-0.25, -0.2) is 4.79 Å². The van der Waals surface area contributed by atoms with E-state index in [9.17, 15) is 9.59 Å². The Bertz CT molecular complexity index is 922. The van der Waals surface area contributed by atoms with Crippen molar-refractivity contribution in [2.24, 2.45) is 0 Å². The van der Waals surface area contributed by atoms with Crippen molar-refractivity contribution in [3.63, 3.8) is 0 Å². The molecule has 0 aliphatic carbocycles. The first-order chi connectivity index (χ1) is 14.0. The van der Waals surface area contributed by atoms with E-state index in [1.165, 1.54) is 5.56 Å². The maximum atomic E-state index is 12.8. The topological polar surface area (TPSA) is 71.1 Å². The highest BCUT2D eigenvalue weighted by atomic mass is 16.6. The van der Waals surface area contributed by atoms with E-state index in [0.717, 1.165) is 11.3 Å². The number of nitrogens with zero attached hydrogens (tertiary/aromatic N) is 2. The van der Waals surface area contributed by atoms with Crippen molar-refractivity contribution in [2.75, 3.05) is 38.1 Å². The average molecular weight is 395 g/mol. The predicted molar refractivity (Wildman–Crippen MR) is 109 cm³/mol. The van der Waals surface area contributed by atoms with Gasteiger partial charge in [0.2, 0.25) is 6.10 Å². The first-order valence-corrected chi connectivity index (χ1v) is 9.82. The Morgan fingerprint density at radius 3 is 2.34 bits per heavy atom. The van der Waals surface area contributed by atoms with Crippen LogP contribution in [0.25, 0.3) is 0 Å². The second-order valence-electron chi connectivity index (χ2n) is 7.41. The largest absolute Gasteiger partial charge is 0.485 e. The van der Waals surface area contributed by atoms with E-state index < -0.39 is 6.10 Å². The van der Waals surface area contributed by atoms with Crippen LogP contribution in [0.15, 0.2) is 42.5 Å². The zero-order valence-electron chi connectivity index (χ0n) is 16.7. The van der Waals surface area contributed by atoms with Gasteiger partial charge < -0.3 is 24.6 Å². The lowest BCUT2D eigenvalue weighted by atomic mass is 10.1. The molecular weight excluding hydrogens is 370 g/mol. The zero-order chi connectivity index (χ0) is 20.4. The van der Waals surface area contributed by atoms with Crippen molar-refractivity contribution in [3.05, 3.63) is 53.6 Å². The molecule has 4 rings (SSSR count). The molecule has 1 fully saturated rings. The van der Waals surface area contributed by atoms with Gasteiger partial charge in [-0.3, -0.25) is 4.79 Å². The van der Waals surface area contributed by atoms with Crippen LogP contribution in [0.3, 0.4) is 0 Å². The lowest BCUT2D eigenvalue weighted by molar-refractivity contribution is -0.142. The number of carbonyl (C=O) groups excluding carboxylic acids is 2. The quantitative estimate of drug-likeness (QED) is 0.849. The molecule has 152 valence electrons. The summed E-state index contributed by atoms with van der Waals surface area (Å²) in [6, 6.07) is 13.0. The molecular formula is C22H25N3O4. The van der Waals surface area contributed by atoms with Gasteiger partial charge in [-0.1, -0.05) is 18.2 Å². The number of hydrogen-bond acceptors (Lipinski definition) is 4. The van der Waals surface area contributed by atoms with Gasteiger partial charge in [-0.15, -0.1) is 0 Å². The maximum Gasteiger partial charge on any atom is 0.321 e. The second-order valence-corrected chi connectivity index (χ2v) is 7.41. The Labute approximate surface area is 170 Å². The van der Waals surface area contributed by atoms with E-state index >= 15 is 0 Å². The number of hydrogen-bond donors (Lipinski definition) is 1. The molecule has 2 aromatic carbocycles. The summed E-state index contributed by atoms with van der Waals surface area (Å²) in [6.07, 6.45) is -0.652. The van der Waals surface area contributed by atoms with Gasteiger partial charge in [-0.05, 0) is 49.2 Å². The van der Waals surface area contributed by atoms with Crippen molar-refractivity contribution in [1.82, 2.24) is 9.80 Å². The fourth-order valence-electron chi connectivity index (χ4n) is 3.50. The van der Waals surface area contributed by atoms with Gasteiger partial charge in [0, 0.05) is 31.9 Å². The number of para-hydroxylation sites is 2. The smallest absolute Gasteiger partial charge is 0.321 e. The van der Waals surface area contributed by atoms with Gasteiger partial charge in [0.15, 0.2) is 11.5 Å². The Morgan fingerprint density at radius 2 is 1.62 bits per heavy atom. The van der Waals surface area contributed by atoms with E-state index in [0.29, 0.717) is 37.7 Å². The summed E-state index contributed by atoms with van der Waals surface area (Å²) in [5, 5.41) is 2.94. The number of nitrogens with one attached hydrogen (secondary N) is 1. The van der Waals surface area contributed by atoms with Gasteiger partial charge in [-0.2, -0.15) is 0 Å². The highest BCUT2D eigenvalue weighted by Gasteiger charge is 2.33.